The van der Waals surface area contributed by atoms with Crippen LogP contribution in [0.1, 0.15) is 53.9 Å². The molecule has 1 atom stereocenters. The van der Waals surface area contributed by atoms with Gasteiger partial charge < -0.3 is 0 Å². The minimum Gasteiger partial charge on any atom is -0.299 e. The molecule has 0 aliphatic carbocycles. The normalized spacial score (nSPS) is 14.9. The molecule has 0 aliphatic heterocycles. The number of nitrogens with zero attached hydrogens (tertiary/aromatic N) is 2. The van der Waals surface area contributed by atoms with E-state index in [9.17, 15) is 5.26 Å². The maximum Gasteiger partial charge on any atom is 0.116 e. The monoisotopic (exact) mass is 239 g/mol. The number of hydrogen-bond donors (Lipinski definition) is 1. The zero-order chi connectivity index (χ0) is 13.3. The fraction of sp³-hybridized carbons (Fsp3) is 0.929. The average molecular weight is 239 g/mol. The Bertz CT molecular complexity index is 232. The summed E-state index contributed by atoms with van der Waals surface area (Å²) in [4.78, 5) is 2.40. The van der Waals surface area contributed by atoms with E-state index in [1.165, 1.54) is 19.3 Å². The molecule has 3 nitrogen and oxygen atoms in total. The molecular weight excluding hydrogens is 210 g/mol. The zero-order valence-electron chi connectivity index (χ0n) is 12.2. The van der Waals surface area contributed by atoms with Crippen LogP contribution in [-0.2, 0) is 0 Å². The lowest BCUT2D eigenvalue weighted by Gasteiger charge is -2.33. The molecule has 0 aliphatic rings. The highest BCUT2D eigenvalue weighted by Crippen LogP contribution is 2.10. The summed E-state index contributed by atoms with van der Waals surface area (Å²) >= 11 is 0. The van der Waals surface area contributed by atoms with Crippen molar-refractivity contribution in [2.45, 2.75) is 65.5 Å². The van der Waals surface area contributed by atoms with Crippen molar-refractivity contribution in [1.29, 1.82) is 5.26 Å². The van der Waals surface area contributed by atoms with Gasteiger partial charge in [-0.1, -0.05) is 26.7 Å². The van der Waals surface area contributed by atoms with E-state index in [4.69, 9.17) is 0 Å². The van der Waals surface area contributed by atoms with Crippen molar-refractivity contribution < 1.29 is 0 Å². The van der Waals surface area contributed by atoms with E-state index < -0.39 is 5.54 Å². The summed E-state index contributed by atoms with van der Waals surface area (Å²) in [6.45, 7) is 13.4. The topological polar surface area (TPSA) is 39.1 Å². The number of hydrogen-bond acceptors (Lipinski definition) is 3. The Morgan fingerprint density at radius 2 is 1.94 bits per heavy atom. The smallest absolute Gasteiger partial charge is 0.116 e. The average Bonchev–Trinajstić information content (AvgIpc) is 2.28. The fourth-order valence-corrected chi connectivity index (χ4v) is 2.01. The van der Waals surface area contributed by atoms with E-state index in [0.717, 1.165) is 19.6 Å². The van der Waals surface area contributed by atoms with Crippen LogP contribution in [0.15, 0.2) is 0 Å². The van der Waals surface area contributed by atoms with Crippen LogP contribution in [0, 0.1) is 11.3 Å². The van der Waals surface area contributed by atoms with Crippen LogP contribution in [0.4, 0.5) is 0 Å². The van der Waals surface area contributed by atoms with E-state index in [-0.39, 0.29) is 0 Å². The van der Waals surface area contributed by atoms with Crippen LogP contribution >= 0.6 is 0 Å². The van der Waals surface area contributed by atoms with Gasteiger partial charge in [0, 0.05) is 12.6 Å². The van der Waals surface area contributed by atoms with E-state index in [1.807, 2.05) is 13.8 Å². The van der Waals surface area contributed by atoms with Gasteiger partial charge in [-0.3, -0.25) is 10.2 Å². The number of rotatable bonds is 9. The summed E-state index contributed by atoms with van der Waals surface area (Å²) in [5.74, 6) is 0. The third kappa shape index (κ3) is 6.65. The van der Waals surface area contributed by atoms with Crippen molar-refractivity contribution >= 4 is 0 Å². The van der Waals surface area contributed by atoms with Gasteiger partial charge in [0.15, 0.2) is 0 Å². The molecular formula is C14H29N3. The van der Waals surface area contributed by atoms with Crippen molar-refractivity contribution in [2.24, 2.45) is 0 Å². The molecule has 0 bridgehead atoms. The lowest BCUT2D eigenvalue weighted by Crippen LogP contribution is -2.52. The Labute approximate surface area is 107 Å². The predicted octanol–water partition coefficient (Wildman–Crippen LogP) is 2.78. The molecule has 0 heterocycles. The van der Waals surface area contributed by atoms with Crippen LogP contribution in [0.3, 0.4) is 0 Å². The highest BCUT2D eigenvalue weighted by molar-refractivity contribution is 5.05. The Balaban J connectivity index is 4.36. The zero-order valence-corrected chi connectivity index (χ0v) is 12.2. The number of nitrogens with one attached hydrogen (secondary N) is 1. The van der Waals surface area contributed by atoms with Gasteiger partial charge in [0.1, 0.15) is 5.54 Å². The molecule has 0 aromatic rings. The van der Waals surface area contributed by atoms with Crippen molar-refractivity contribution in [2.75, 3.05) is 19.6 Å². The third-order valence-corrected chi connectivity index (χ3v) is 3.11. The molecule has 0 spiro atoms. The first-order valence-corrected chi connectivity index (χ1v) is 6.89. The second-order valence-corrected chi connectivity index (χ2v) is 5.25. The summed E-state index contributed by atoms with van der Waals surface area (Å²) < 4.78 is 0. The van der Waals surface area contributed by atoms with Crippen LogP contribution in [-0.4, -0.2) is 36.1 Å². The number of likely N-dealkylation sites (N-methyl/N-ethyl adjacent to an activating group) is 1. The molecule has 0 amide bonds. The Morgan fingerprint density at radius 1 is 1.29 bits per heavy atom. The molecule has 0 aromatic heterocycles. The predicted molar refractivity (Wildman–Crippen MR) is 73.9 cm³/mol. The first-order valence-electron chi connectivity index (χ1n) is 6.89. The lowest BCUT2D eigenvalue weighted by atomic mass is 10.0. The quantitative estimate of drug-likeness (QED) is 0.629. The molecule has 0 fully saturated rings. The summed E-state index contributed by atoms with van der Waals surface area (Å²) in [7, 11) is 0. The molecule has 0 aromatic carbocycles. The van der Waals surface area contributed by atoms with Crippen LogP contribution < -0.4 is 5.32 Å². The van der Waals surface area contributed by atoms with Crippen LogP contribution in [0.5, 0.6) is 0 Å². The molecule has 0 saturated carbocycles. The molecule has 1 unspecified atom stereocenters. The van der Waals surface area contributed by atoms with Gasteiger partial charge >= 0.3 is 0 Å². The summed E-state index contributed by atoms with van der Waals surface area (Å²) in [5.41, 5.74) is -0.425. The van der Waals surface area contributed by atoms with Crippen molar-refractivity contribution in [3.63, 3.8) is 0 Å². The Morgan fingerprint density at radius 3 is 2.35 bits per heavy atom. The maximum atomic E-state index is 9.28. The molecule has 0 rings (SSSR count). The third-order valence-electron chi connectivity index (χ3n) is 3.11. The van der Waals surface area contributed by atoms with Gasteiger partial charge in [0.05, 0.1) is 6.07 Å². The van der Waals surface area contributed by atoms with Gasteiger partial charge in [-0.15, -0.1) is 0 Å². The molecule has 0 radical (unpaired) electrons. The second kappa shape index (κ2) is 8.49. The van der Waals surface area contributed by atoms with E-state index in [0.29, 0.717) is 6.04 Å². The first-order chi connectivity index (χ1) is 7.99. The molecule has 17 heavy (non-hydrogen) atoms. The maximum absolute atomic E-state index is 9.28. The van der Waals surface area contributed by atoms with Gasteiger partial charge in [-0.2, -0.15) is 5.26 Å². The summed E-state index contributed by atoms with van der Waals surface area (Å²) in [6.07, 6.45) is 3.74. The minimum absolute atomic E-state index is 0.425. The standard InChI is InChI=1S/C14H29N3/c1-6-8-9-10-17(13(3)4)12-14(5,11-15)16-7-2/h13,16H,6-10,12H2,1-5H3. The minimum atomic E-state index is -0.425. The SMILES string of the molecule is CCCCCN(CC(C)(C#N)NCC)C(C)C. The van der Waals surface area contributed by atoms with Gasteiger partial charge in [0.25, 0.3) is 0 Å². The van der Waals surface area contributed by atoms with Crippen LogP contribution in [0.25, 0.3) is 0 Å². The van der Waals surface area contributed by atoms with E-state index in [2.05, 4.69) is 37.1 Å². The van der Waals surface area contributed by atoms with E-state index >= 15 is 0 Å². The largest absolute Gasteiger partial charge is 0.299 e. The van der Waals surface area contributed by atoms with Gasteiger partial charge in [-0.25, -0.2) is 0 Å². The number of nitriles is 1. The Kier molecular flexibility index (Phi) is 8.20. The lowest BCUT2D eigenvalue weighted by molar-refractivity contribution is 0.177. The van der Waals surface area contributed by atoms with Gasteiger partial charge in [0.2, 0.25) is 0 Å². The molecule has 0 saturated heterocycles. The van der Waals surface area contributed by atoms with Crippen LogP contribution in [0.2, 0.25) is 0 Å². The highest BCUT2D eigenvalue weighted by Gasteiger charge is 2.26. The first kappa shape index (κ1) is 16.4. The number of unbranched alkanes of at least 4 members (excludes halogenated alkanes) is 2. The van der Waals surface area contributed by atoms with E-state index in [1.54, 1.807) is 0 Å². The molecule has 3 heteroatoms. The summed E-state index contributed by atoms with van der Waals surface area (Å²) in [5, 5.41) is 12.6. The van der Waals surface area contributed by atoms with Crippen molar-refractivity contribution in [3.8, 4) is 6.07 Å². The highest BCUT2D eigenvalue weighted by atomic mass is 15.2. The van der Waals surface area contributed by atoms with Gasteiger partial charge in [-0.05, 0) is 40.3 Å². The second-order valence-electron chi connectivity index (χ2n) is 5.25. The fourth-order valence-electron chi connectivity index (χ4n) is 2.01. The summed E-state index contributed by atoms with van der Waals surface area (Å²) in [6, 6.07) is 2.90. The molecule has 1 N–H and O–H groups in total. The van der Waals surface area contributed by atoms with Crippen molar-refractivity contribution in [1.82, 2.24) is 10.2 Å². The van der Waals surface area contributed by atoms with Crippen molar-refractivity contribution in [3.05, 3.63) is 0 Å². The molecule has 100 valence electrons. The Hall–Kier alpha value is -0.590.